The number of cyclic esters (lactones) is 1. The van der Waals surface area contributed by atoms with Crippen LogP contribution in [0, 0.1) is 28.6 Å². The molecule has 1 spiro atoms. The zero-order valence-corrected chi connectivity index (χ0v) is 25.2. The number of hydrogen-bond donors (Lipinski definition) is 3. The first kappa shape index (κ1) is 28.5. The fourth-order valence-corrected chi connectivity index (χ4v) is 12.3. The number of carbonyl (C=O) groups is 3. The Hall–Kier alpha value is -1.96. The van der Waals surface area contributed by atoms with E-state index in [0.29, 0.717) is 32.1 Å². The molecule has 3 saturated carbocycles. The Balaban J connectivity index is 1.13. The van der Waals surface area contributed by atoms with E-state index < -0.39 is 68.4 Å². The van der Waals surface area contributed by atoms with E-state index in [1.807, 2.05) is 0 Å². The summed E-state index contributed by atoms with van der Waals surface area (Å²) in [7, 11) is -1.78. The second-order valence-corrected chi connectivity index (χ2v) is 16.1. The fourth-order valence-electron chi connectivity index (χ4n) is 10.7. The second-order valence-electron chi connectivity index (χ2n) is 14.4. The van der Waals surface area contributed by atoms with E-state index in [1.165, 1.54) is 0 Å². The zero-order chi connectivity index (χ0) is 30.2. The standard InChI is InChI=1S/C31H39NO10S/c1-16-11-30(32-24(34)14-43(30)38)31(37)26(40-16)41-22-10-18-3-4-21-20(28(18,15-33)12-23(22)42-31)5-7-27(2)19(6-8-29(21,27)36)17-9-25(35)39-13-17/h3,9,15-16,19-23,26,36-37H,4-8,10-14H2,1-2H3,(H,32,34)/t16-,19-,20+,21-,22?,23-,26+,27-,28-,29+,30-,31-,43?/m1/s1. The second kappa shape index (κ2) is 9.07. The number of aliphatic hydroxyl groups is 2. The maximum absolute atomic E-state index is 13.3. The number of allylic oxidation sites excluding steroid dienone is 1. The molecule has 0 aromatic heterocycles. The molecule has 43 heavy (non-hydrogen) atoms. The zero-order valence-electron chi connectivity index (χ0n) is 24.4. The Morgan fingerprint density at radius 3 is 2.60 bits per heavy atom. The van der Waals surface area contributed by atoms with Crippen LogP contribution in [0.25, 0.3) is 0 Å². The first-order valence-electron chi connectivity index (χ1n) is 15.6. The third-order valence-electron chi connectivity index (χ3n) is 12.7. The lowest BCUT2D eigenvalue weighted by Crippen LogP contribution is -2.78. The number of esters is 1. The molecule has 0 aromatic rings. The Bertz CT molecular complexity index is 1400. The van der Waals surface area contributed by atoms with Crippen LogP contribution in [-0.2, 0) is 44.1 Å². The first-order valence-corrected chi connectivity index (χ1v) is 16.9. The van der Waals surface area contributed by atoms with E-state index in [-0.39, 0.29) is 48.9 Å². The highest BCUT2D eigenvalue weighted by atomic mass is 32.2. The molecule has 4 aliphatic heterocycles. The van der Waals surface area contributed by atoms with Crippen molar-refractivity contribution < 1.29 is 47.8 Å². The number of hydrogen-bond acceptors (Lipinski definition) is 10. The van der Waals surface area contributed by atoms with E-state index in [9.17, 15) is 28.8 Å². The van der Waals surface area contributed by atoms with Crippen molar-refractivity contribution >= 4 is 29.0 Å². The average Bonchev–Trinajstić information content (AvgIpc) is 3.59. The SMILES string of the molecule is C[C@@H]1C[C@]2(NC(=O)CS2=O)[C@]2(O)O[C@@H]3C[C@@]4(C=O)C(=CC[C@@H]5[C@@H]4CC[C@]4(C)[C@@H](C6=CC(=O)OC6)CC[C@]54O)CC3O[C@@H]2O1. The molecule has 3 N–H and O–H groups in total. The summed E-state index contributed by atoms with van der Waals surface area (Å²) in [6.45, 7) is 4.18. The van der Waals surface area contributed by atoms with Gasteiger partial charge in [0, 0.05) is 17.9 Å². The molecule has 4 aliphatic carbocycles. The smallest absolute Gasteiger partial charge is 0.331 e. The van der Waals surface area contributed by atoms with Crippen molar-refractivity contribution in [2.24, 2.45) is 28.6 Å². The van der Waals surface area contributed by atoms with Crippen molar-refractivity contribution in [3.8, 4) is 0 Å². The van der Waals surface area contributed by atoms with Crippen LogP contribution in [0.4, 0.5) is 0 Å². The summed E-state index contributed by atoms with van der Waals surface area (Å²) in [6.07, 6.45) is 5.88. The molecule has 3 saturated heterocycles. The summed E-state index contributed by atoms with van der Waals surface area (Å²) in [4.78, 5) is 36.0. The summed E-state index contributed by atoms with van der Waals surface area (Å²) in [5, 5.41) is 27.3. The van der Waals surface area contributed by atoms with Gasteiger partial charge in [0.2, 0.25) is 12.2 Å². The predicted octanol–water partition coefficient (Wildman–Crippen LogP) is 1.13. The fraction of sp³-hybridized carbons (Fsp3) is 0.774. The van der Waals surface area contributed by atoms with Gasteiger partial charge in [0.15, 0.2) is 4.87 Å². The summed E-state index contributed by atoms with van der Waals surface area (Å²) in [6, 6.07) is 0. The number of aldehydes is 1. The third-order valence-corrected chi connectivity index (χ3v) is 14.6. The Kier molecular flexibility index (Phi) is 6.01. The summed E-state index contributed by atoms with van der Waals surface area (Å²) in [5.41, 5.74) is -0.497. The molecule has 0 radical (unpaired) electrons. The van der Waals surface area contributed by atoms with Gasteiger partial charge in [0.05, 0.1) is 40.1 Å². The van der Waals surface area contributed by atoms with Gasteiger partial charge in [0.25, 0.3) is 5.79 Å². The Labute approximate surface area is 252 Å². The average molecular weight is 618 g/mol. The van der Waals surface area contributed by atoms with Crippen LogP contribution in [0.3, 0.4) is 0 Å². The molecule has 6 fully saturated rings. The first-order chi connectivity index (χ1) is 20.4. The van der Waals surface area contributed by atoms with Gasteiger partial charge in [0.1, 0.15) is 18.6 Å². The lowest BCUT2D eigenvalue weighted by molar-refractivity contribution is -0.443. The minimum absolute atomic E-state index is 0.0341. The van der Waals surface area contributed by atoms with Crippen LogP contribution in [0.15, 0.2) is 23.3 Å². The number of carbonyl (C=O) groups excluding carboxylic acids is 3. The lowest BCUT2D eigenvalue weighted by Gasteiger charge is -2.63. The quantitative estimate of drug-likeness (QED) is 0.233. The monoisotopic (exact) mass is 617 g/mol. The predicted molar refractivity (Wildman–Crippen MR) is 149 cm³/mol. The topological polar surface area (TPSA) is 158 Å². The van der Waals surface area contributed by atoms with E-state index in [1.54, 1.807) is 13.0 Å². The van der Waals surface area contributed by atoms with Gasteiger partial charge in [-0.1, -0.05) is 18.6 Å². The van der Waals surface area contributed by atoms with E-state index in [2.05, 4.69) is 18.3 Å². The maximum atomic E-state index is 13.3. The normalized spacial score (nSPS) is 55.2. The minimum Gasteiger partial charge on any atom is -0.458 e. The number of rotatable bonds is 2. The molecule has 13 atom stereocenters. The molecule has 2 unspecified atom stereocenters. The molecule has 1 amide bonds. The lowest BCUT2D eigenvalue weighted by atomic mass is 9.45. The van der Waals surface area contributed by atoms with Gasteiger partial charge in [-0.05, 0) is 75.2 Å². The van der Waals surface area contributed by atoms with Crippen molar-refractivity contribution in [3.63, 3.8) is 0 Å². The van der Waals surface area contributed by atoms with E-state index in [0.717, 1.165) is 23.9 Å². The molecule has 4 heterocycles. The van der Waals surface area contributed by atoms with E-state index >= 15 is 0 Å². The number of nitrogens with one attached hydrogen (secondary N) is 1. The van der Waals surface area contributed by atoms with Crippen LogP contribution >= 0.6 is 0 Å². The van der Waals surface area contributed by atoms with Crippen LogP contribution in [0.2, 0.25) is 0 Å². The minimum atomic E-state index is -2.20. The molecule has 11 nitrogen and oxygen atoms in total. The van der Waals surface area contributed by atoms with Gasteiger partial charge < -0.3 is 39.3 Å². The van der Waals surface area contributed by atoms with Gasteiger partial charge in [-0.15, -0.1) is 0 Å². The third kappa shape index (κ3) is 3.48. The summed E-state index contributed by atoms with van der Waals surface area (Å²) < 4.78 is 37.4. The molecule has 234 valence electrons. The Morgan fingerprint density at radius 1 is 1.09 bits per heavy atom. The van der Waals surface area contributed by atoms with Crippen LogP contribution < -0.4 is 5.32 Å². The van der Waals surface area contributed by atoms with Crippen LogP contribution in [-0.4, -0.2) is 85.8 Å². The highest BCUT2D eigenvalue weighted by molar-refractivity contribution is 7.87. The van der Waals surface area contributed by atoms with Crippen LogP contribution in [0.5, 0.6) is 0 Å². The van der Waals surface area contributed by atoms with Crippen LogP contribution in [0.1, 0.15) is 65.2 Å². The highest BCUT2D eigenvalue weighted by Crippen LogP contribution is 2.69. The molecule has 8 aliphatic rings. The molecule has 0 bridgehead atoms. The van der Waals surface area contributed by atoms with Gasteiger partial charge in [-0.25, -0.2) is 4.79 Å². The van der Waals surface area contributed by atoms with E-state index in [4.69, 9.17) is 18.9 Å². The summed E-state index contributed by atoms with van der Waals surface area (Å²) >= 11 is 0. The number of fused-ring (bicyclic) bond motifs is 8. The van der Waals surface area contributed by atoms with Crippen molar-refractivity contribution in [2.45, 2.75) is 106 Å². The van der Waals surface area contributed by atoms with Gasteiger partial charge in [-0.3, -0.25) is 9.00 Å². The molecular formula is C31H39NO10S. The van der Waals surface area contributed by atoms with Crippen molar-refractivity contribution in [3.05, 3.63) is 23.3 Å². The van der Waals surface area contributed by atoms with Crippen molar-refractivity contribution in [1.29, 1.82) is 0 Å². The van der Waals surface area contributed by atoms with Crippen molar-refractivity contribution in [1.82, 2.24) is 5.32 Å². The van der Waals surface area contributed by atoms with Gasteiger partial charge in [-0.2, -0.15) is 0 Å². The highest BCUT2D eigenvalue weighted by Gasteiger charge is 2.73. The van der Waals surface area contributed by atoms with Gasteiger partial charge >= 0.3 is 5.97 Å². The van der Waals surface area contributed by atoms with Crippen molar-refractivity contribution in [2.75, 3.05) is 12.4 Å². The molecular weight excluding hydrogens is 578 g/mol. The maximum Gasteiger partial charge on any atom is 0.331 e. The molecule has 0 aromatic carbocycles. The number of amides is 1. The largest absolute Gasteiger partial charge is 0.458 e. The molecule has 8 rings (SSSR count). The summed E-state index contributed by atoms with van der Waals surface area (Å²) in [5.74, 6) is -3.50. The number of ether oxygens (including phenoxy) is 4. The Morgan fingerprint density at radius 2 is 1.91 bits per heavy atom. The molecule has 12 heteroatoms.